The van der Waals surface area contributed by atoms with Gasteiger partial charge in [0, 0.05) is 27.3 Å². The van der Waals surface area contributed by atoms with E-state index in [9.17, 15) is 0 Å². The number of hydrogen-bond donors (Lipinski definition) is 0. The van der Waals surface area contributed by atoms with Crippen LogP contribution in [0.1, 0.15) is 0 Å². The second-order valence-corrected chi connectivity index (χ2v) is 12.1. The first-order valence-corrected chi connectivity index (χ1v) is 16.1. The number of anilines is 3. The van der Waals surface area contributed by atoms with Crippen LogP contribution in [-0.2, 0) is 0 Å². The van der Waals surface area contributed by atoms with Gasteiger partial charge in [-0.3, -0.25) is 9.47 Å². The Bertz CT molecular complexity index is 2620. The van der Waals surface area contributed by atoms with E-state index in [0.717, 1.165) is 49.9 Å². The van der Waals surface area contributed by atoms with Crippen molar-refractivity contribution in [2.45, 2.75) is 0 Å². The van der Waals surface area contributed by atoms with Gasteiger partial charge < -0.3 is 0 Å². The summed E-state index contributed by atoms with van der Waals surface area (Å²) in [5.74, 6) is 1.75. The van der Waals surface area contributed by atoms with Gasteiger partial charge >= 0.3 is 0 Å². The van der Waals surface area contributed by atoms with Crippen molar-refractivity contribution in [1.82, 2.24) is 19.5 Å². The number of rotatable bonds is 4. The Morgan fingerprint density at radius 3 is 1.71 bits per heavy atom. The SMILES string of the molecule is c1ccc(-c2ccc(-c3nc(N4c5ccccc5-c5cccc6cccc4c56)nc(-n4c5ccccc5c5ccccc54)n3)cc2)cc1. The summed E-state index contributed by atoms with van der Waals surface area (Å²) in [5.41, 5.74) is 9.77. The maximum atomic E-state index is 5.32. The lowest BCUT2D eigenvalue weighted by Crippen LogP contribution is -2.19. The van der Waals surface area contributed by atoms with E-state index in [1.165, 1.54) is 21.9 Å². The Morgan fingerprint density at radius 1 is 0.375 bits per heavy atom. The first-order valence-electron chi connectivity index (χ1n) is 16.1. The largest absolute Gasteiger partial charge is 0.278 e. The van der Waals surface area contributed by atoms with Crippen molar-refractivity contribution in [1.29, 1.82) is 0 Å². The molecule has 10 rings (SSSR count). The quantitative estimate of drug-likeness (QED) is 0.198. The zero-order valence-corrected chi connectivity index (χ0v) is 25.8. The molecule has 0 saturated carbocycles. The van der Waals surface area contributed by atoms with Gasteiger partial charge in [0.05, 0.1) is 22.4 Å². The number of hydrogen-bond acceptors (Lipinski definition) is 4. The number of nitrogens with zero attached hydrogens (tertiary/aromatic N) is 5. The minimum absolute atomic E-state index is 0.568. The van der Waals surface area contributed by atoms with Gasteiger partial charge in [-0.1, -0.05) is 140 Å². The van der Waals surface area contributed by atoms with Crippen LogP contribution >= 0.6 is 0 Å². The normalized spacial score (nSPS) is 12.1. The number of benzene rings is 7. The highest BCUT2D eigenvalue weighted by Gasteiger charge is 2.29. The van der Waals surface area contributed by atoms with E-state index in [1.54, 1.807) is 0 Å². The third-order valence-corrected chi connectivity index (χ3v) is 9.40. The smallest absolute Gasteiger partial charge is 0.240 e. The summed E-state index contributed by atoms with van der Waals surface area (Å²) in [6, 6.07) is 57.3. The maximum absolute atomic E-state index is 5.32. The molecule has 48 heavy (non-hydrogen) atoms. The van der Waals surface area contributed by atoms with Crippen LogP contribution in [0.15, 0.2) is 164 Å². The molecule has 224 valence electrons. The lowest BCUT2D eigenvalue weighted by molar-refractivity contribution is 0.933. The highest BCUT2D eigenvalue weighted by atomic mass is 15.3. The van der Waals surface area contributed by atoms with Crippen LogP contribution in [0.25, 0.3) is 72.2 Å². The fraction of sp³-hybridized carbons (Fsp3) is 0. The molecule has 0 N–H and O–H groups in total. The first kappa shape index (κ1) is 26.6. The topological polar surface area (TPSA) is 46.8 Å². The van der Waals surface area contributed by atoms with E-state index in [-0.39, 0.29) is 0 Å². The van der Waals surface area contributed by atoms with Gasteiger partial charge in [-0.15, -0.1) is 0 Å². The molecule has 0 aliphatic carbocycles. The van der Waals surface area contributed by atoms with Crippen LogP contribution in [-0.4, -0.2) is 19.5 Å². The summed E-state index contributed by atoms with van der Waals surface area (Å²) in [4.78, 5) is 18.0. The minimum Gasteiger partial charge on any atom is -0.278 e. The van der Waals surface area contributed by atoms with Gasteiger partial charge in [-0.2, -0.15) is 15.0 Å². The van der Waals surface area contributed by atoms with E-state index >= 15 is 0 Å². The highest BCUT2D eigenvalue weighted by molar-refractivity contribution is 6.13. The van der Waals surface area contributed by atoms with Crippen molar-refractivity contribution in [3.63, 3.8) is 0 Å². The average Bonchev–Trinajstić information content (AvgIpc) is 3.50. The second-order valence-electron chi connectivity index (χ2n) is 12.1. The zero-order valence-electron chi connectivity index (χ0n) is 25.8. The number of fused-ring (bicyclic) bond motifs is 5. The monoisotopic (exact) mass is 613 g/mol. The summed E-state index contributed by atoms with van der Waals surface area (Å²) < 4.78 is 2.17. The van der Waals surface area contributed by atoms with Gasteiger partial charge in [-0.25, -0.2) is 0 Å². The van der Waals surface area contributed by atoms with Gasteiger partial charge in [0.25, 0.3) is 0 Å². The first-order chi connectivity index (χ1) is 23.8. The molecule has 0 bridgehead atoms. The van der Waals surface area contributed by atoms with Crippen molar-refractivity contribution >= 4 is 49.9 Å². The van der Waals surface area contributed by atoms with Crippen molar-refractivity contribution in [3.8, 4) is 39.6 Å². The molecular formula is C43H27N5. The summed E-state index contributed by atoms with van der Waals surface area (Å²) in [7, 11) is 0. The van der Waals surface area contributed by atoms with Crippen LogP contribution in [0.2, 0.25) is 0 Å². The Kier molecular flexibility index (Phi) is 5.81. The molecular weight excluding hydrogens is 587 g/mol. The van der Waals surface area contributed by atoms with Gasteiger partial charge in [0.1, 0.15) is 0 Å². The van der Waals surface area contributed by atoms with Gasteiger partial charge in [-0.05, 0) is 46.3 Å². The average molecular weight is 614 g/mol. The Morgan fingerprint density at radius 2 is 0.938 bits per heavy atom. The fourth-order valence-corrected chi connectivity index (χ4v) is 7.24. The molecule has 0 saturated heterocycles. The predicted octanol–water partition coefficient (Wildman–Crippen LogP) is 10.9. The molecule has 3 heterocycles. The minimum atomic E-state index is 0.568. The molecule has 0 radical (unpaired) electrons. The summed E-state index contributed by atoms with van der Waals surface area (Å²) >= 11 is 0. The maximum Gasteiger partial charge on any atom is 0.240 e. The van der Waals surface area contributed by atoms with Crippen LogP contribution in [0.5, 0.6) is 0 Å². The Balaban J connectivity index is 1.26. The number of aromatic nitrogens is 4. The third-order valence-electron chi connectivity index (χ3n) is 9.40. The van der Waals surface area contributed by atoms with E-state index in [2.05, 4.69) is 167 Å². The number of para-hydroxylation sites is 3. The van der Waals surface area contributed by atoms with Crippen LogP contribution in [0.4, 0.5) is 17.3 Å². The van der Waals surface area contributed by atoms with E-state index < -0.39 is 0 Å². The lowest BCUT2D eigenvalue weighted by Gasteiger charge is -2.32. The molecule has 0 fully saturated rings. The van der Waals surface area contributed by atoms with Gasteiger partial charge in [0.15, 0.2) is 5.82 Å². The zero-order chi connectivity index (χ0) is 31.6. The molecule has 0 spiro atoms. The summed E-state index contributed by atoms with van der Waals surface area (Å²) in [6.07, 6.45) is 0. The lowest BCUT2D eigenvalue weighted by atomic mass is 9.91. The van der Waals surface area contributed by atoms with Crippen molar-refractivity contribution in [2.75, 3.05) is 4.90 Å². The molecule has 1 aliphatic rings. The Hall–Kier alpha value is -6.59. The van der Waals surface area contributed by atoms with E-state index in [0.29, 0.717) is 17.7 Å². The van der Waals surface area contributed by atoms with Crippen LogP contribution in [0, 0.1) is 0 Å². The summed E-state index contributed by atoms with van der Waals surface area (Å²) in [6.45, 7) is 0. The second kappa shape index (κ2) is 10.5. The fourth-order valence-electron chi connectivity index (χ4n) is 7.24. The Labute approximate surface area is 277 Å². The van der Waals surface area contributed by atoms with E-state index in [4.69, 9.17) is 15.0 Å². The van der Waals surface area contributed by atoms with Crippen molar-refractivity contribution in [2.24, 2.45) is 0 Å². The molecule has 2 aromatic heterocycles. The van der Waals surface area contributed by atoms with Crippen LogP contribution in [0.3, 0.4) is 0 Å². The molecule has 9 aromatic rings. The van der Waals surface area contributed by atoms with Crippen LogP contribution < -0.4 is 4.90 Å². The van der Waals surface area contributed by atoms with Crippen molar-refractivity contribution in [3.05, 3.63) is 164 Å². The molecule has 7 aromatic carbocycles. The highest BCUT2D eigenvalue weighted by Crippen LogP contribution is 2.50. The predicted molar refractivity (Wildman–Crippen MR) is 196 cm³/mol. The summed E-state index contributed by atoms with van der Waals surface area (Å²) in [5, 5.41) is 4.68. The van der Waals surface area contributed by atoms with Gasteiger partial charge in [0.2, 0.25) is 11.9 Å². The molecule has 0 unspecified atom stereocenters. The molecule has 0 atom stereocenters. The molecule has 5 nitrogen and oxygen atoms in total. The third kappa shape index (κ3) is 4.01. The molecule has 5 heteroatoms. The van der Waals surface area contributed by atoms with E-state index in [1.807, 2.05) is 6.07 Å². The molecule has 0 amide bonds. The standard InChI is InChI=1S/C43H27N5/c1-2-12-28(13-3-1)29-24-26-31(27-25-29)41-44-42(47-36-20-7-4-16-32(36)33-17-5-8-21-37(33)47)46-43(45-41)48-38-22-9-6-18-34(38)35-19-10-14-30-15-11-23-39(48)40(30)35/h1-27H. The molecule has 1 aliphatic heterocycles. The van der Waals surface area contributed by atoms with Crippen molar-refractivity contribution < 1.29 is 0 Å².